The highest BCUT2D eigenvalue weighted by Gasteiger charge is 2.18. The van der Waals surface area contributed by atoms with Gasteiger partial charge in [0.25, 0.3) is 0 Å². The molecule has 0 bridgehead atoms. The van der Waals surface area contributed by atoms with E-state index in [-0.39, 0.29) is 16.6 Å². The number of hydrogen-bond donors (Lipinski definition) is 1. The maximum atomic E-state index is 13.4. The van der Waals surface area contributed by atoms with Gasteiger partial charge in [-0.15, -0.1) is 0 Å². The minimum atomic E-state index is -0.153. The first-order chi connectivity index (χ1) is 8.33. The Morgan fingerprint density at radius 2 is 2.00 bits per heavy atom. The summed E-state index contributed by atoms with van der Waals surface area (Å²) in [5.74, 6) is 0.806. The van der Waals surface area contributed by atoms with Gasteiger partial charge in [0.05, 0.1) is 0 Å². The number of benzene rings is 1. The summed E-state index contributed by atoms with van der Waals surface area (Å²) in [5, 5.41) is 3.45. The molecule has 0 aliphatic carbocycles. The average molecular weight is 269 g/mol. The third-order valence-corrected chi connectivity index (χ3v) is 4.12. The molecule has 3 heteroatoms. The molecule has 0 spiro atoms. The summed E-state index contributed by atoms with van der Waals surface area (Å²) in [6.07, 6.45) is 0. The molecular formula is C15H24FNS. The Labute approximate surface area is 115 Å². The summed E-state index contributed by atoms with van der Waals surface area (Å²) in [5.41, 5.74) is 2.23. The van der Waals surface area contributed by atoms with Crippen LogP contribution in [-0.2, 0) is 0 Å². The highest BCUT2D eigenvalue weighted by Crippen LogP contribution is 2.29. The Kier molecular flexibility index (Phi) is 5.67. The molecule has 1 nitrogen and oxygen atoms in total. The summed E-state index contributed by atoms with van der Waals surface area (Å²) in [4.78, 5) is 0. The van der Waals surface area contributed by atoms with Crippen LogP contribution in [0, 0.1) is 12.7 Å². The van der Waals surface area contributed by atoms with Crippen LogP contribution in [0.1, 0.15) is 44.9 Å². The number of hydrogen-bond acceptors (Lipinski definition) is 2. The van der Waals surface area contributed by atoms with Gasteiger partial charge in [-0.25, -0.2) is 4.39 Å². The van der Waals surface area contributed by atoms with Crippen molar-refractivity contribution in [3.63, 3.8) is 0 Å². The Morgan fingerprint density at radius 3 is 2.56 bits per heavy atom. The highest BCUT2D eigenvalue weighted by atomic mass is 32.2. The normalized spacial score (nSPS) is 13.7. The van der Waals surface area contributed by atoms with Crippen LogP contribution in [0.2, 0.25) is 0 Å². The lowest BCUT2D eigenvalue weighted by Crippen LogP contribution is -2.25. The molecular weight excluding hydrogens is 245 g/mol. The summed E-state index contributed by atoms with van der Waals surface area (Å²) >= 11 is 1.91. The van der Waals surface area contributed by atoms with Gasteiger partial charge in [0.2, 0.25) is 0 Å². The number of rotatable bonds is 5. The minimum absolute atomic E-state index is 0.153. The number of aryl methyl sites for hydroxylation is 1. The van der Waals surface area contributed by atoms with E-state index in [1.165, 1.54) is 6.07 Å². The van der Waals surface area contributed by atoms with Crippen molar-refractivity contribution >= 4 is 11.8 Å². The van der Waals surface area contributed by atoms with Gasteiger partial charge in [-0.05, 0) is 36.7 Å². The first kappa shape index (κ1) is 15.5. The molecule has 0 fully saturated rings. The molecule has 1 N–H and O–H groups in total. The van der Waals surface area contributed by atoms with Crippen molar-refractivity contribution in [1.29, 1.82) is 0 Å². The maximum Gasteiger partial charge on any atom is 0.123 e. The molecule has 0 amide bonds. The minimum Gasteiger partial charge on any atom is -0.309 e. The molecule has 1 unspecified atom stereocenters. The van der Waals surface area contributed by atoms with E-state index in [9.17, 15) is 4.39 Å². The van der Waals surface area contributed by atoms with Crippen LogP contribution >= 0.6 is 11.8 Å². The Hall–Kier alpha value is -0.540. The lowest BCUT2D eigenvalue weighted by atomic mass is 10.0. The van der Waals surface area contributed by atoms with E-state index < -0.39 is 0 Å². The summed E-state index contributed by atoms with van der Waals surface area (Å²) in [6, 6.07) is 5.26. The first-order valence-corrected chi connectivity index (χ1v) is 7.45. The molecule has 1 rings (SSSR count). The average Bonchev–Trinajstić information content (AvgIpc) is 2.26. The zero-order chi connectivity index (χ0) is 13.8. The molecule has 0 aliphatic rings. The van der Waals surface area contributed by atoms with E-state index in [0.717, 1.165) is 23.4 Å². The summed E-state index contributed by atoms with van der Waals surface area (Å²) in [6.45, 7) is 11.6. The second-order valence-corrected chi connectivity index (χ2v) is 7.38. The van der Waals surface area contributed by atoms with Gasteiger partial charge in [-0.3, -0.25) is 0 Å². The molecule has 0 saturated carbocycles. The van der Waals surface area contributed by atoms with E-state index >= 15 is 0 Å². The monoisotopic (exact) mass is 269 g/mol. The Bertz CT molecular complexity index is 385. The zero-order valence-electron chi connectivity index (χ0n) is 12.0. The molecule has 1 aromatic carbocycles. The van der Waals surface area contributed by atoms with Crippen LogP contribution in [0.3, 0.4) is 0 Å². The molecule has 0 heterocycles. The predicted octanol–water partition coefficient (Wildman–Crippen LogP) is 4.32. The Morgan fingerprint density at radius 1 is 1.33 bits per heavy atom. The van der Waals surface area contributed by atoms with Crippen molar-refractivity contribution < 1.29 is 4.39 Å². The largest absolute Gasteiger partial charge is 0.309 e. The summed E-state index contributed by atoms with van der Waals surface area (Å²) < 4.78 is 13.6. The fourth-order valence-electron chi connectivity index (χ4n) is 1.83. The maximum absolute atomic E-state index is 13.4. The van der Waals surface area contributed by atoms with Crippen LogP contribution in [0.5, 0.6) is 0 Å². The van der Waals surface area contributed by atoms with E-state index in [0.29, 0.717) is 0 Å². The Balaban J connectivity index is 2.86. The van der Waals surface area contributed by atoms with Crippen molar-refractivity contribution in [2.75, 3.05) is 12.3 Å². The fourth-order valence-corrected chi connectivity index (χ4v) is 2.79. The lowest BCUT2D eigenvalue weighted by molar-refractivity contribution is 0.584. The highest BCUT2D eigenvalue weighted by molar-refractivity contribution is 8.00. The molecule has 0 aliphatic heterocycles. The lowest BCUT2D eigenvalue weighted by Gasteiger charge is -2.25. The fraction of sp³-hybridized carbons (Fsp3) is 0.600. The predicted molar refractivity (Wildman–Crippen MR) is 79.8 cm³/mol. The second kappa shape index (κ2) is 6.58. The third kappa shape index (κ3) is 4.99. The van der Waals surface area contributed by atoms with Gasteiger partial charge >= 0.3 is 0 Å². The second-order valence-electron chi connectivity index (χ2n) is 5.53. The van der Waals surface area contributed by atoms with E-state index in [1.54, 1.807) is 6.07 Å². The summed E-state index contributed by atoms with van der Waals surface area (Å²) in [7, 11) is 0. The molecule has 0 radical (unpaired) electrons. The van der Waals surface area contributed by atoms with Crippen molar-refractivity contribution in [1.82, 2.24) is 5.32 Å². The molecule has 18 heavy (non-hydrogen) atoms. The molecule has 0 aromatic heterocycles. The number of nitrogens with one attached hydrogen (secondary N) is 1. The molecule has 1 atom stereocenters. The van der Waals surface area contributed by atoms with E-state index in [2.05, 4.69) is 33.0 Å². The van der Waals surface area contributed by atoms with Gasteiger partial charge in [0.15, 0.2) is 0 Å². The van der Waals surface area contributed by atoms with Gasteiger partial charge in [-0.2, -0.15) is 11.8 Å². The van der Waals surface area contributed by atoms with Crippen LogP contribution in [0.4, 0.5) is 4.39 Å². The quantitative estimate of drug-likeness (QED) is 0.854. The van der Waals surface area contributed by atoms with Crippen LogP contribution in [-0.4, -0.2) is 17.0 Å². The molecule has 1 aromatic rings. The smallest absolute Gasteiger partial charge is 0.123 e. The topological polar surface area (TPSA) is 12.0 Å². The van der Waals surface area contributed by atoms with Gasteiger partial charge in [-0.1, -0.05) is 33.8 Å². The zero-order valence-corrected chi connectivity index (χ0v) is 12.8. The third-order valence-electron chi connectivity index (χ3n) is 2.75. The van der Waals surface area contributed by atoms with Gasteiger partial charge in [0.1, 0.15) is 5.82 Å². The number of halogens is 1. The van der Waals surface area contributed by atoms with Crippen molar-refractivity contribution in [3.8, 4) is 0 Å². The van der Waals surface area contributed by atoms with Crippen LogP contribution < -0.4 is 5.32 Å². The van der Waals surface area contributed by atoms with Crippen molar-refractivity contribution in [3.05, 3.63) is 35.1 Å². The van der Waals surface area contributed by atoms with E-state index in [1.807, 2.05) is 24.8 Å². The molecule has 102 valence electrons. The van der Waals surface area contributed by atoms with E-state index in [4.69, 9.17) is 0 Å². The van der Waals surface area contributed by atoms with Gasteiger partial charge in [0, 0.05) is 16.5 Å². The van der Waals surface area contributed by atoms with Crippen molar-refractivity contribution in [2.24, 2.45) is 0 Å². The van der Waals surface area contributed by atoms with Crippen molar-refractivity contribution in [2.45, 2.75) is 45.4 Å². The van der Waals surface area contributed by atoms with Crippen LogP contribution in [0.25, 0.3) is 0 Å². The number of thioether (sulfide) groups is 1. The standard InChI is InChI=1S/C15H24FNS/c1-6-17-14(10-18-15(3,4)5)13-9-12(16)8-7-11(13)2/h7-9,14,17H,6,10H2,1-5H3. The molecule has 0 saturated heterocycles. The van der Waals surface area contributed by atoms with Crippen LogP contribution in [0.15, 0.2) is 18.2 Å². The first-order valence-electron chi connectivity index (χ1n) is 6.47. The SMILES string of the molecule is CCNC(CSC(C)(C)C)c1cc(F)ccc1C. The van der Waals surface area contributed by atoms with Gasteiger partial charge < -0.3 is 5.32 Å².